The summed E-state index contributed by atoms with van der Waals surface area (Å²) in [5.74, 6) is -1.11. The van der Waals surface area contributed by atoms with E-state index < -0.39 is 59.1 Å². The number of hydrogen-bond acceptors (Lipinski definition) is 12. The molecular weight excluding hydrogens is 544 g/mol. The number of fused-ring (bicyclic) bond motifs is 1. The highest BCUT2D eigenvalue weighted by atomic mass is 32.2. The maximum absolute atomic E-state index is 13.8. The largest absolute Gasteiger partial charge is 0.394 e. The number of anilines is 1. The molecule has 14 heteroatoms. The summed E-state index contributed by atoms with van der Waals surface area (Å²) in [6.45, 7) is 3.13. The summed E-state index contributed by atoms with van der Waals surface area (Å²) in [4.78, 5) is 47.0. The Bertz CT molecular complexity index is 1440. The molecule has 0 spiro atoms. The van der Waals surface area contributed by atoms with E-state index in [-0.39, 0.29) is 40.0 Å². The number of nitro benzene ring substituents is 1. The van der Waals surface area contributed by atoms with Crippen LogP contribution in [0, 0.1) is 15.5 Å². The molecule has 2 aliphatic heterocycles. The Balaban J connectivity index is 1.80. The van der Waals surface area contributed by atoms with Gasteiger partial charge in [-0.15, -0.1) is 0 Å². The Kier molecular flexibility index (Phi) is 7.35. The highest BCUT2D eigenvalue weighted by molar-refractivity contribution is 7.98. The molecule has 5 rings (SSSR count). The van der Waals surface area contributed by atoms with E-state index in [0.717, 1.165) is 11.8 Å². The average molecular weight is 575 g/mol. The van der Waals surface area contributed by atoms with Gasteiger partial charge in [-0.1, -0.05) is 37.7 Å². The summed E-state index contributed by atoms with van der Waals surface area (Å²) in [5, 5.41) is 53.5. The van der Waals surface area contributed by atoms with Gasteiger partial charge in [-0.3, -0.25) is 19.7 Å². The summed E-state index contributed by atoms with van der Waals surface area (Å²) in [6.07, 6.45) is -5.51. The number of carbonyl (C=O) groups is 1. The number of ketones is 1. The summed E-state index contributed by atoms with van der Waals surface area (Å²) in [5.41, 5.74) is -0.0632. The molecule has 0 bridgehead atoms. The van der Waals surface area contributed by atoms with Gasteiger partial charge in [0, 0.05) is 35.7 Å². The molecule has 1 aromatic carbocycles. The van der Waals surface area contributed by atoms with Crippen LogP contribution in [0.25, 0.3) is 0 Å². The number of nitrogens with one attached hydrogen (secondary N) is 1. The fourth-order valence-electron chi connectivity index (χ4n) is 5.80. The van der Waals surface area contributed by atoms with Crippen LogP contribution in [0.15, 0.2) is 45.5 Å². The first-order chi connectivity index (χ1) is 18.9. The minimum atomic E-state index is -1.70. The number of aliphatic hydroxyl groups is 4. The van der Waals surface area contributed by atoms with Crippen molar-refractivity contribution in [1.82, 2.24) is 9.97 Å². The van der Waals surface area contributed by atoms with Crippen LogP contribution in [0.5, 0.6) is 0 Å². The number of nitrogens with zero attached hydrogens (tertiary/aromatic N) is 3. The molecule has 13 nitrogen and oxygen atoms in total. The smallest absolute Gasteiger partial charge is 0.269 e. The van der Waals surface area contributed by atoms with E-state index in [4.69, 9.17) is 4.74 Å². The van der Waals surface area contributed by atoms with E-state index in [1.165, 1.54) is 29.2 Å². The molecule has 214 valence electrons. The normalized spacial score (nSPS) is 29.7. The fourth-order valence-corrected chi connectivity index (χ4v) is 6.17. The molecule has 0 saturated carbocycles. The molecular formula is C26H30N4O9S. The first-order valence-electron chi connectivity index (χ1n) is 12.7. The first-order valence-corrected chi connectivity index (χ1v) is 13.9. The molecule has 1 fully saturated rings. The van der Waals surface area contributed by atoms with Gasteiger partial charge in [-0.2, -0.15) is 0 Å². The van der Waals surface area contributed by atoms with Gasteiger partial charge in [0.2, 0.25) is 0 Å². The Labute approximate surface area is 232 Å². The molecule has 6 atom stereocenters. The van der Waals surface area contributed by atoms with Crippen LogP contribution in [0.1, 0.15) is 43.7 Å². The highest BCUT2D eigenvalue weighted by Crippen LogP contribution is 2.51. The van der Waals surface area contributed by atoms with E-state index in [9.17, 15) is 40.1 Å². The second-order valence-corrected chi connectivity index (χ2v) is 11.8. The van der Waals surface area contributed by atoms with E-state index in [1.807, 2.05) is 13.8 Å². The molecule has 0 amide bonds. The Morgan fingerprint density at radius 3 is 2.42 bits per heavy atom. The quantitative estimate of drug-likeness (QED) is 0.146. The molecule has 40 heavy (non-hydrogen) atoms. The second kappa shape index (κ2) is 10.4. The molecule has 3 heterocycles. The van der Waals surface area contributed by atoms with Crippen molar-refractivity contribution in [3.05, 3.63) is 67.1 Å². The maximum atomic E-state index is 13.8. The van der Waals surface area contributed by atoms with Crippen LogP contribution in [0.2, 0.25) is 0 Å². The number of aromatic amines is 1. The molecule has 1 unspecified atom stereocenters. The number of allylic oxidation sites excluding steroid dienone is 2. The van der Waals surface area contributed by atoms with Crippen molar-refractivity contribution in [1.29, 1.82) is 0 Å². The van der Waals surface area contributed by atoms with Crippen molar-refractivity contribution >= 4 is 29.1 Å². The van der Waals surface area contributed by atoms with Crippen LogP contribution < -0.4 is 10.5 Å². The summed E-state index contributed by atoms with van der Waals surface area (Å²) in [7, 11) is 0. The third kappa shape index (κ3) is 4.63. The van der Waals surface area contributed by atoms with Gasteiger partial charge in [-0.25, -0.2) is 4.98 Å². The first kappa shape index (κ1) is 28.4. The standard InChI is InChI=1S/C26H30N4O9S/c1-26(2)8-13-17(14(32)9-26)16(11-4-6-12(7-5-11)30(37)38)18-22(27-25(40-3)28-23(18)36)29(13)24-21(35)20(34)19(33)15(10-31)39-24/h4-7,15-16,19-21,24,31,33-35H,8-10H2,1-3H3,(H,27,28,36)/t15-,16?,19+,20+,21-,24-/m1/s1. The lowest BCUT2D eigenvalue weighted by Crippen LogP contribution is -2.64. The zero-order chi connectivity index (χ0) is 29.1. The third-order valence-electron chi connectivity index (χ3n) is 7.66. The Morgan fingerprint density at radius 1 is 1.15 bits per heavy atom. The monoisotopic (exact) mass is 574 g/mol. The van der Waals surface area contributed by atoms with Gasteiger partial charge in [0.25, 0.3) is 11.2 Å². The molecule has 5 N–H and O–H groups in total. The van der Waals surface area contributed by atoms with Crippen LogP contribution in [-0.4, -0.2) is 84.6 Å². The zero-order valence-electron chi connectivity index (χ0n) is 22.0. The molecule has 0 radical (unpaired) electrons. The Morgan fingerprint density at radius 2 is 1.82 bits per heavy atom. The van der Waals surface area contributed by atoms with Crippen molar-refractivity contribution in [2.24, 2.45) is 5.41 Å². The average Bonchev–Trinajstić information content (AvgIpc) is 2.90. The number of thioether (sulfide) groups is 1. The van der Waals surface area contributed by atoms with Gasteiger partial charge in [0.1, 0.15) is 30.2 Å². The third-order valence-corrected chi connectivity index (χ3v) is 8.24. The number of benzene rings is 1. The van der Waals surface area contributed by atoms with E-state index in [1.54, 1.807) is 6.26 Å². The number of carbonyl (C=O) groups excluding carboxylic acids is 1. The summed E-state index contributed by atoms with van der Waals surface area (Å²) in [6, 6.07) is 5.59. The SMILES string of the molecule is CSc1nc2c(c(=O)[nH]1)C(c1ccc([N+](=O)[O-])cc1)C1=C(CC(C)(C)CC1=O)N2[C@@H]1O[C@H](CO)[C@H](O)[C@H](O)[C@H]1O. The van der Waals surface area contributed by atoms with Gasteiger partial charge in [0.15, 0.2) is 17.2 Å². The number of H-pyrrole nitrogens is 1. The predicted octanol–water partition coefficient (Wildman–Crippen LogP) is 0.795. The van der Waals surface area contributed by atoms with Gasteiger partial charge < -0.3 is 35.0 Å². The number of hydrogen-bond donors (Lipinski definition) is 5. The van der Waals surface area contributed by atoms with Crippen molar-refractivity contribution in [2.45, 2.75) is 68.4 Å². The van der Waals surface area contributed by atoms with Crippen LogP contribution in [-0.2, 0) is 9.53 Å². The maximum Gasteiger partial charge on any atom is 0.269 e. The highest BCUT2D eigenvalue weighted by Gasteiger charge is 2.52. The van der Waals surface area contributed by atoms with Gasteiger partial charge >= 0.3 is 0 Å². The van der Waals surface area contributed by atoms with Crippen molar-refractivity contribution in [3.8, 4) is 0 Å². The van der Waals surface area contributed by atoms with Crippen molar-refractivity contribution < 1.29 is 34.9 Å². The minimum absolute atomic E-state index is 0.0652. The molecule has 1 saturated heterocycles. The molecule has 1 aromatic heterocycles. The van der Waals surface area contributed by atoms with Gasteiger partial charge in [-0.05, 0) is 23.7 Å². The lowest BCUT2D eigenvalue weighted by molar-refractivity contribution is -0.384. The number of aromatic nitrogens is 2. The van der Waals surface area contributed by atoms with E-state index in [2.05, 4.69) is 9.97 Å². The van der Waals surface area contributed by atoms with Crippen LogP contribution >= 0.6 is 11.8 Å². The summed E-state index contributed by atoms with van der Waals surface area (Å²) >= 11 is 1.16. The number of nitro groups is 1. The van der Waals surface area contributed by atoms with Crippen molar-refractivity contribution in [2.75, 3.05) is 17.8 Å². The van der Waals surface area contributed by atoms with Crippen LogP contribution in [0.3, 0.4) is 0 Å². The van der Waals surface area contributed by atoms with Crippen molar-refractivity contribution in [3.63, 3.8) is 0 Å². The number of Topliss-reactive ketones (excluding diaryl/α,β-unsaturated/α-hetero) is 1. The molecule has 3 aliphatic rings. The summed E-state index contributed by atoms with van der Waals surface area (Å²) < 4.78 is 5.91. The second-order valence-electron chi connectivity index (χ2n) is 11.0. The molecule has 1 aliphatic carbocycles. The number of rotatable bonds is 5. The van der Waals surface area contributed by atoms with Gasteiger partial charge in [0.05, 0.1) is 17.1 Å². The topological polar surface area (TPSA) is 199 Å². The number of aliphatic hydroxyl groups excluding tert-OH is 4. The fraction of sp³-hybridized carbons (Fsp3) is 0.500. The van der Waals surface area contributed by atoms with E-state index in [0.29, 0.717) is 17.7 Å². The van der Waals surface area contributed by atoms with Crippen LogP contribution in [0.4, 0.5) is 11.5 Å². The number of non-ortho nitro benzene ring substituents is 1. The predicted molar refractivity (Wildman–Crippen MR) is 143 cm³/mol. The lowest BCUT2D eigenvalue weighted by atomic mass is 9.68. The number of ether oxygens (including phenoxy) is 1. The molecule has 2 aromatic rings. The van der Waals surface area contributed by atoms with E-state index >= 15 is 0 Å². The zero-order valence-corrected chi connectivity index (χ0v) is 22.8. The Hall–Kier alpha value is -3.14. The lowest BCUT2D eigenvalue weighted by Gasteiger charge is -2.50. The minimum Gasteiger partial charge on any atom is -0.394 e.